The average Bonchev–Trinajstić information content (AvgIpc) is 2.57. The highest BCUT2D eigenvalue weighted by Gasteiger charge is 2.25. The molecular formula is C17H32N4O3. The highest BCUT2D eigenvalue weighted by atomic mass is 16.5. The van der Waals surface area contributed by atoms with Gasteiger partial charge < -0.3 is 25.2 Å². The molecular weight excluding hydrogens is 308 g/mol. The number of hydrogen-bond donors (Lipinski definition) is 2. The summed E-state index contributed by atoms with van der Waals surface area (Å²) in [7, 11) is 0. The van der Waals surface area contributed by atoms with Crippen LogP contribution >= 0.6 is 0 Å². The third-order valence-electron chi connectivity index (χ3n) is 4.89. The lowest BCUT2D eigenvalue weighted by atomic mass is 9.99. The minimum atomic E-state index is -0.399. The lowest BCUT2D eigenvalue weighted by molar-refractivity contribution is 0.135. The Kier molecular flexibility index (Phi) is 7.62. The Morgan fingerprint density at radius 3 is 2.62 bits per heavy atom. The zero-order chi connectivity index (χ0) is 17.4. The number of piperidine rings is 2. The van der Waals surface area contributed by atoms with Crippen molar-refractivity contribution in [1.29, 1.82) is 0 Å². The molecule has 0 spiro atoms. The largest absolute Gasteiger partial charge is 0.450 e. The van der Waals surface area contributed by atoms with Gasteiger partial charge in [-0.25, -0.2) is 9.59 Å². The van der Waals surface area contributed by atoms with Crippen LogP contribution in [0.4, 0.5) is 9.59 Å². The second-order valence-electron chi connectivity index (χ2n) is 6.91. The van der Waals surface area contributed by atoms with Crippen LogP contribution in [0.25, 0.3) is 0 Å². The summed E-state index contributed by atoms with van der Waals surface area (Å²) in [4.78, 5) is 28.0. The second kappa shape index (κ2) is 9.71. The highest BCUT2D eigenvalue weighted by Crippen LogP contribution is 2.15. The zero-order valence-electron chi connectivity index (χ0n) is 15.1. The van der Waals surface area contributed by atoms with Crippen molar-refractivity contribution in [2.45, 2.75) is 45.6 Å². The fourth-order valence-corrected chi connectivity index (χ4v) is 3.34. The van der Waals surface area contributed by atoms with Gasteiger partial charge in [-0.1, -0.05) is 6.92 Å². The number of carbonyl (C=O) groups excluding carboxylic acids is 2. The molecule has 0 saturated carbocycles. The van der Waals surface area contributed by atoms with E-state index < -0.39 is 6.09 Å². The van der Waals surface area contributed by atoms with Gasteiger partial charge >= 0.3 is 12.1 Å². The topological polar surface area (TPSA) is 73.9 Å². The Bertz CT molecular complexity index is 411. The molecule has 0 radical (unpaired) electrons. The quantitative estimate of drug-likeness (QED) is 0.798. The number of alkyl carbamates (subject to hydrolysis) is 1. The van der Waals surface area contributed by atoms with Gasteiger partial charge in [0.25, 0.3) is 0 Å². The number of likely N-dealkylation sites (tertiary alicyclic amines) is 2. The maximum absolute atomic E-state index is 12.3. The number of nitrogens with one attached hydrogen (secondary N) is 2. The monoisotopic (exact) mass is 340 g/mol. The van der Waals surface area contributed by atoms with Crippen molar-refractivity contribution in [3.8, 4) is 0 Å². The molecule has 0 aliphatic carbocycles. The standard InChI is InChI=1S/C17H32N4O3/c1-3-24-17(23)19-15-5-4-9-21(13-15)16(22)18-8-12-20-10-6-14(2)7-11-20/h14-15H,3-13H2,1-2H3,(H,18,22)(H,19,23). The highest BCUT2D eigenvalue weighted by molar-refractivity contribution is 5.74. The number of hydrogen-bond acceptors (Lipinski definition) is 4. The Hall–Kier alpha value is -1.50. The third-order valence-corrected chi connectivity index (χ3v) is 4.89. The molecule has 1 atom stereocenters. The van der Waals surface area contributed by atoms with Crippen LogP contribution in [0.3, 0.4) is 0 Å². The number of urea groups is 1. The van der Waals surface area contributed by atoms with Crippen LogP contribution in [0.1, 0.15) is 39.5 Å². The smallest absolute Gasteiger partial charge is 0.407 e. The minimum Gasteiger partial charge on any atom is -0.450 e. The fourth-order valence-electron chi connectivity index (χ4n) is 3.34. The lowest BCUT2D eigenvalue weighted by Crippen LogP contribution is -2.53. The van der Waals surface area contributed by atoms with Gasteiger partial charge in [0.2, 0.25) is 0 Å². The van der Waals surface area contributed by atoms with Crippen molar-refractivity contribution in [1.82, 2.24) is 20.4 Å². The maximum Gasteiger partial charge on any atom is 0.407 e. The van der Waals surface area contributed by atoms with Crippen LogP contribution in [0.15, 0.2) is 0 Å². The van der Waals surface area contributed by atoms with Crippen LogP contribution in [0, 0.1) is 5.92 Å². The van der Waals surface area contributed by atoms with Crippen LogP contribution in [-0.4, -0.2) is 73.8 Å². The molecule has 7 heteroatoms. The van der Waals surface area contributed by atoms with Gasteiger partial charge in [0, 0.05) is 32.2 Å². The number of nitrogens with zero attached hydrogens (tertiary/aromatic N) is 2. The van der Waals surface area contributed by atoms with Crippen LogP contribution in [-0.2, 0) is 4.74 Å². The summed E-state index contributed by atoms with van der Waals surface area (Å²) >= 11 is 0. The molecule has 2 aliphatic heterocycles. The summed E-state index contributed by atoms with van der Waals surface area (Å²) in [6, 6.07) is -0.0529. The van der Waals surface area contributed by atoms with E-state index in [-0.39, 0.29) is 12.1 Å². The van der Waals surface area contributed by atoms with Crippen molar-refractivity contribution in [3.63, 3.8) is 0 Å². The van der Waals surface area contributed by atoms with Crippen LogP contribution < -0.4 is 10.6 Å². The van der Waals surface area contributed by atoms with Crippen LogP contribution in [0.5, 0.6) is 0 Å². The minimum absolute atomic E-state index is 0.0212. The number of rotatable bonds is 5. The van der Waals surface area contributed by atoms with E-state index >= 15 is 0 Å². The molecule has 0 aromatic heterocycles. The molecule has 2 rings (SSSR count). The van der Waals surface area contributed by atoms with Crippen LogP contribution in [0.2, 0.25) is 0 Å². The number of ether oxygens (including phenoxy) is 1. The lowest BCUT2D eigenvalue weighted by Gasteiger charge is -2.33. The number of amides is 3. The summed E-state index contributed by atoms with van der Waals surface area (Å²) in [5.74, 6) is 0.827. The molecule has 3 amide bonds. The van der Waals surface area contributed by atoms with Crippen molar-refractivity contribution in [2.24, 2.45) is 5.92 Å². The first-order chi connectivity index (χ1) is 11.6. The third kappa shape index (κ3) is 6.19. The molecule has 24 heavy (non-hydrogen) atoms. The van der Waals surface area contributed by atoms with E-state index in [1.165, 1.54) is 12.8 Å². The average molecular weight is 340 g/mol. The van der Waals surface area contributed by atoms with E-state index in [4.69, 9.17) is 4.74 Å². The van der Waals surface area contributed by atoms with Gasteiger partial charge in [-0.05, 0) is 51.6 Å². The molecule has 1 unspecified atom stereocenters. The summed E-state index contributed by atoms with van der Waals surface area (Å²) in [6.45, 7) is 9.59. The maximum atomic E-state index is 12.3. The zero-order valence-corrected chi connectivity index (χ0v) is 15.1. The summed E-state index contributed by atoms with van der Waals surface area (Å²) < 4.78 is 4.91. The summed E-state index contributed by atoms with van der Waals surface area (Å²) in [5, 5.41) is 5.84. The van der Waals surface area contributed by atoms with E-state index in [9.17, 15) is 9.59 Å². The van der Waals surface area contributed by atoms with Gasteiger partial charge in [0.05, 0.1) is 6.61 Å². The number of carbonyl (C=O) groups is 2. The first-order valence-electron chi connectivity index (χ1n) is 9.27. The van der Waals surface area contributed by atoms with Gasteiger partial charge in [-0.15, -0.1) is 0 Å². The van der Waals surface area contributed by atoms with Gasteiger partial charge in [0.1, 0.15) is 0 Å². The Balaban J connectivity index is 1.65. The van der Waals surface area contributed by atoms with E-state index in [1.807, 2.05) is 0 Å². The fraction of sp³-hybridized carbons (Fsp3) is 0.882. The molecule has 2 fully saturated rings. The Morgan fingerprint density at radius 2 is 1.92 bits per heavy atom. The molecule has 0 bridgehead atoms. The molecule has 0 aromatic rings. The molecule has 2 heterocycles. The first-order valence-corrected chi connectivity index (χ1v) is 9.27. The van der Waals surface area contributed by atoms with Gasteiger partial charge in [-0.3, -0.25) is 0 Å². The summed E-state index contributed by atoms with van der Waals surface area (Å²) in [5.41, 5.74) is 0. The Labute approximate surface area is 145 Å². The van der Waals surface area contributed by atoms with E-state index in [2.05, 4.69) is 22.5 Å². The predicted molar refractivity (Wildman–Crippen MR) is 93.0 cm³/mol. The molecule has 7 nitrogen and oxygen atoms in total. The molecule has 2 aliphatic rings. The molecule has 2 N–H and O–H groups in total. The molecule has 2 saturated heterocycles. The van der Waals surface area contributed by atoms with Crippen molar-refractivity contribution >= 4 is 12.1 Å². The van der Waals surface area contributed by atoms with Crippen molar-refractivity contribution in [3.05, 3.63) is 0 Å². The predicted octanol–water partition coefficient (Wildman–Crippen LogP) is 1.64. The second-order valence-corrected chi connectivity index (χ2v) is 6.91. The Morgan fingerprint density at radius 1 is 1.17 bits per heavy atom. The van der Waals surface area contributed by atoms with Gasteiger partial charge in [-0.2, -0.15) is 0 Å². The van der Waals surface area contributed by atoms with E-state index in [1.54, 1.807) is 11.8 Å². The molecule has 138 valence electrons. The molecule has 0 aromatic carbocycles. The van der Waals surface area contributed by atoms with Crippen molar-refractivity contribution in [2.75, 3.05) is 45.9 Å². The van der Waals surface area contributed by atoms with E-state index in [0.717, 1.165) is 44.9 Å². The SMILES string of the molecule is CCOC(=O)NC1CCCN(C(=O)NCCN2CCC(C)CC2)C1. The van der Waals surface area contributed by atoms with E-state index in [0.29, 0.717) is 19.7 Å². The van der Waals surface area contributed by atoms with Crippen molar-refractivity contribution < 1.29 is 14.3 Å². The van der Waals surface area contributed by atoms with Gasteiger partial charge in [0.15, 0.2) is 0 Å². The normalized spacial score (nSPS) is 22.9. The first kappa shape index (κ1) is 18.8. The summed E-state index contributed by atoms with van der Waals surface area (Å²) in [6.07, 6.45) is 3.88.